The Morgan fingerprint density at radius 1 is 1.77 bits per heavy atom. The molecular weight excluding hydrogens is 166 g/mol. The number of nitrogens with zero attached hydrogens (tertiary/aromatic N) is 1. The average molecular weight is 181 g/mol. The predicted octanol–water partition coefficient (Wildman–Crippen LogP) is -1.23. The zero-order valence-corrected chi connectivity index (χ0v) is 7.84. The lowest BCUT2D eigenvalue weighted by molar-refractivity contribution is -0.123. The van der Waals surface area contributed by atoms with Crippen molar-refractivity contribution in [1.29, 1.82) is 0 Å². The van der Waals surface area contributed by atoms with Crippen molar-refractivity contribution in [2.45, 2.75) is 13.0 Å². The van der Waals surface area contributed by atoms with Gasteiger partial charge in [0.1, 0.15) is 6.04 Å². The maximum atomic E-state index is 11.0. The SMILES string of the molecule is CC#CCN1CCNCC1C(N)=O. The van der Waals surface area contributed by atoms with Crippen molar-refractivity contribution in [1.82, 2.24) is 10.2 Å². The van der Waals surface area contributed by atoms with Gasteiger partial charge in [-0.3, -0.25) is 9.69 Å². The molecule has 1 amide bonds. The first kappa shape index (κ1) is 10.0. The van der Waals surface area contributed by atoms with Gasteiger partial charge in [-0.2, -0.15) is 0 Å². The summed E-state index contributed by atoms with van der Waals surface area (Å²) in [5.41, 5.74) is 5.26. The summed E-state index contributed by atoms with van der Waals surface area (Å²) in [5, 5.41) is 3.13. The number of rotatable bonds is 2. The van der Waals surface area contributed by atoms with E-state index < -0.39 is 0 Å². The van der Waals surface area contributed by atoms with Gasteiger partial charge in [-0.25, -0.2) is 0 Å². The number of nitrogens with one attached hydrogen (secondary N) is 1. The smallest absolute Gasteiger partial charge is 0.236 e. The molecule has 4 heteroatoms. The molecule has 1 saturated heterocycles. The van der Waals surface area contributed by atoms with Crippen molar-refractivity contribution < 1.29 is 4.79 Å². The summed E-state index contributed by atoms with van der Waals surface area (Å²) < 4.78 is 0. The number of amides is 1. The van der Waals surface area contributed by atoms with Gasteiger partial charge in [0.25, 0.3) is 0 Å². The molecule has 0 radical (unpaired) electrons. The van der Waals surface area contributed by atoms with Crippen LogP contribution >= 0.6 is 0 Å². The number of piperazine rings is 1. The lowest BCUT2D eigenvalue weighted by Crippen LogP contribution is -2.56. The third-order valence-corrected chi connectivity index (χ3v) is 2.14. The molecule has 1 rings (SSSR count). The van der Waals surface area contributed by atoms with E-state index in [1.165, 1.54) is 0 Å². The van der Waals surface area contributed by atoms with Gasteiger partial charge in [0.05, 0.1) is 6.54 Å². The number of nitrogens with two attached hydrogens (primary N) is 1. The fourth-order valence-electron chi connectivity index (χ4n) is 1.40. The highest BCUT2D eigenvalue weighted by Crippen LogP contribution is 2.01. The summed E-state index contributed by atoms with van der Waals surface area (Å²) in [6.07, 6.45) is 0. The second-order valence-corrected chi connectivity index (χ2v) is 3.02. The van der Waals surface area contributed by atoms with Gasteiger partial charge >= 0.3 is 0 Å². The van der Waals surface area contributed by atoms with E-state index in [1.54, 1.807) is 6.92 Å². The van der Waals surface area contributed by atoms with E-state index in [1.807, 2.05) is 4.90 Å². The van der Waals surface area contributed by atoms with Crippen molar-refractivity contribution >= 4 is 5.91 Å². The summed E-state index contributed by atoms with van der Waals surface area (Å²) >= 11 is 0. The summed E-state index contributed by atoms with van der Waals surface area (Å²) in [5.74, 6) is 5.48. The van der Waals surface area contributed by atoms with Crippen LogP contribution in [0.5, 0.6) is 0 Å². The quantitative estimate of drug-likeness (QED) is 0.524. The lowest BCUT2D eigenvalue weighted by Gasteiger charge is -2.32. The minimum absolute atomic E-state index is 0.199. The Labute approximate surface area is 78.5 Å². The fraction of sp³-hybridized carbons (Fsp3) is 0.667. The van der Waals surface area contributed by atoms with Gasteiger partial charge < -0.3 is 11.1 Å². The summed E-state index contributed by atoms with van der Waals surface area (Å²) in [6, 6.07) is -0.199. The van der Waals surface area contributed by atoms with Crippen molar-refractivity contribution in [2.75, 3.05) is 26.2 Å². The number of hydrogen-bond donors (Lipinski definition) is 2. The van der Waals surface area contributed by atoms with E-state index in [0.29, 0.717) is 13.1 Å². The highest BCUT2D eigenvalue weighted by Gasteiger charge is 2.25. The van der Waals surface area contributed by atoms with E-state index >= 15 is 0 Å². The predicted molar refractivity (Wildman–Crippen MR) is 50.9 cm³/mol. The first-order chi connectivity index (χ1) is 6.25. The molecule has 1 atom stereocenters. The zero-order chi connectivity index (χ0) is 9.68. The third kappa shape index (κ3) is 2.72. The molecule has 1 heterocycles. The standard InChI is InChI=1S/C9H15N3O/c1-2-3-5-12-6-4-11-7-8(12)9(10)13/h8,11H,4-7H2,1H3,(H2,10,13). The molecule has 1 aliphatic rings. The Hall–Kier alpha value is -1.05. The average Bonchev–Trinajstić information content (AvgIpc) is 2.15. The van der Waals surface area contributed by atoms with Crippen LogP contribution in [0.1, 0.15) is 6.92 Å². The highest BCUT2D eigenvalue weighted by atomic mass is 16.1. The van der Waals surface area contributed by atoms with Crippen LogP contribution in [0, 0.1) is 11.8 Å². The van der Waals surface area contributed by atoms with Gasteiger partial charge in [-0.15, -0.1) is 5.92 Å². The van der Waals surface area contributed by atoms with E-state index in [4.69, 9.17) is 5.73 Å². The Kier molecular flexibility index (Phi) is 3.74. The molecule has 1 aliphatic heterocycles. The van der Waals surface area contributed by atoms with Crippen LogP contribution in [0.2, 0.25) is 0 Å². The second-order valence-electron chi connectivity index (χ2n) is 3.02. The maximum absolute atomic E-state index is 11.0. The molecule has 1 unspecified atom stereocenters. The number of hydrogen-bond acceptors (Lipinski definition) is 3. The maximum Gasteiger partial charge on any atom is 0.236 e. The molecule has 1 fully saturated rings. The molecule has 0 spiro atoms. The number of carbonyl (C=O) groups is 1. The van der Waals surface area contributed by atoms with Gasteiger partial charge in [0.15, 0.2) is 0 Å². The van der Waals surface area contributed by atoms with Crippen LogP contribution in [0.3, 0.4) is 0 Å². The van der Waals surface area contributed by atoms with Gasteiger partial charge in [0.2, 0.25) is 5.91 Å². The molecule has 0 aromatic rings. The monoisotopic (exact) mass is 181 g/mol. The van der Waals surface area contributed by atoms with Crippen LogP contribution in [0.25, 0.3) is 0 Å². The van der Waals surface area contributed by atoms with E-state index in [9.17, 15) is 4.79 Å². The van der Waals surface area contributed by atoms with Crippen molar-refractivity contribution in [2.24, 2.45) is 5.73 Å². The normalized spacial score (nSPS) is 23.3. The van der Waals surface area contributed by atoms with Gasteiger partial charge in [0, 0.05) is 19.6 Å². The zero-order valence-electron chi connectivity index (χ0n) is 7.84. The Morgan fingerprint density at radius 3 is 3.15 bits per heavy atom. The first-order valence-corrected chi connectivity index (χ1v) is 4.39. The van der Waals surface area contributed by atoms with Crippen LogP contribution < -0.4 is 11.1 Å². The molecule has 3 N–H and O–H groups in total. The molecule has 4 nitrogen and oxygen atoms in total. The first-order valence-electron chi connectivity index (χ1n) is 4.39. The van der Waals surface area contributed by atoms with Crippen LogP contribution in [0.15, 0.2) is 0 Å². The lowest BCUT2D eigenvalue weighted by atomic mass is 10.2. The summed E-state index contributed by atoms with van der Waals surface area (Å²) in [7, 11) is 0. The Bertz CT molecular complexity index is 241. The van der Waals surface area contributed by atoms with E-state index in [0.717, 1.165) is 13.1 Å². The summed E-state index contributed by atoms with van der Waals surface area (Å²) in [4.78, 5) is 13.0. The Balaban J connectivity index is 2.54. The largest absolute Gasteiger partial charge is 0.368 e. The van der Waals surface area contributed by atoms with E-state index in [2.05, 4.69) is 17.2 Å². The third-order valence-electron chi connectivity index (χ3n) is 2.14. The molecular formula is C9H15N3O. The van der Waals surface area contributed by atoms with Crippen LogP contribution in [0.4, 0.5) is 0 Å². The fourth-order valence-corrected chi connectivity index (χ4v) is 1.40. The Morgan fingerprint density at radius 2 is 2.54 bits per heavy atom. The molecule has 0 bridgehead atoms. The van der Waals surface area contributed by atoms with Gasteiger partial charge in [-0.1, -0.05) is 5.92 Å². The molecule has 0 aromatic carbocycles. The molecule has 13 heavy (non-hydrogen) atoms. The van der Waals surface area contributed by atoms with Crippen LogP contribution in [-0.4, -0.2) is 43.0 Å². The van der Waals surface area contributed by atoms with Crippen molar-refractivity contribution in [3.05, 3.63) is 0 Å². The molecule has 0 saturated carbocycles. The molecule has 0 aromatic heterocycles. The van der Waals surface area contributed by atoms with Crippen molar-refractivity contribution in [3.63, 3.8) is 0 Å². The minimum Gasteiger partial charge on any atom is -0.368 e. The number of primary amides is 1. The molecule has 72 valence electrons. The second kappa shape index (κ2) is 4.85. The molecule has 0 aliphatic carbocycles. The van der Waals surface area contributed by atoms with Gasteiger partial charge in [-0.05, 0) is 6.92 Å². The topological polar surface area (TPSA) is 58.4 Å². The number of carbonyl (C=O) groups excluding carboxylic acids is 1. The summed E-state index contributed by atoms with van der Waals surface area (Å²) in [6.45, 7) is 4.80. The highest BCUT2D eigenvalue weighted by molar-refractivity contribution is 5.80. The van der Waals surface area contributed by atoms with Crippen molar-refractivity contribution in [3.8, 4) is 11.8 Å². The minimum atomic E-state index is -0.273. The van der Waals surface area contributed by atoms with Crippen LogP contribution in [-0.2, 0) is 4.79 Å². The van der Waals surface area contributed by atoms with E-state index in [-0.39, 0.29) is 11.9 Å².